The fourth-order valence-corrected chi connectivity index (χ4v) is 1.53. The maximum atomic E-state index is 8.91. The lowest BCUT2D eigenvalue weighted by Gasteiger charge is -2.22. The van der Waals surface area contributed by atoms with Crippen molar-refractivity contribution in [1.82, 2.24) is 15.0 Å². The van der Waals surface area contributed by atoms with E-state index in [0.29, 0.717) is 25.6 Å². The minimum atomic E-state index is -0.124. The molecule has 1 unspecified atom stereocenters. The lowest BCUT2D eigenvalue weighted by Crippen LogP contribution is -2.30. The van der Waals surface area contributed by atoms with Crippen molar-refractivity contribution in [2.45, 2.75) is 27.2 Å². The van der Waals surface area contributed by atoms with Gasteiger partial charge in [-0.2, -0.15) is 20.2 Å². The van der Waals surface area contributed by atoms with Gasteiger partial charge in [0, 0.05) is 13.1 Å². The standard InChI is InChI=1S/C12H21N7O/c1-4-6-20-12-16-10(18-14)15-11(17-12)19(5-2)8-9(3)7-13/h9H,4-6,8,14H2,1-3H3,(H,15,16,17,18). The number of nitrogens with zero attached hydrogens (tertiary/aromatic N) is 5. The first-order valence-corrected chi connectivity index (χ1v) is 6.64. The minimum Gasteiger partial charge on any atom is -0.463 e. The van der Waals surface area contributed by atoms with E-state index in [2.05, 4.69) is 26.4 Å². The van der Waals surface area contributed by atoms with E-state index < -0.39 is 0 Å². The average molecular weight is 279 g/mol. The molecule has 0 aliphatic carbocycles. The zero-order valence-electron chi connectivity index (χ0n) is 12.1. The summed E-state index contributed by atoms with van der Waals surface area (Å²) in [4.78, 5) is 14.4. The lowest BCUT2D eigenvalue weighted by molar-refractivity contribution is 0.291. The van der Waals surface area contributed by atoms with Crippen molar-refractivity contribution >= 4 is 11.9 Å². The normalized spacial score (nSPS) is 11.6. The second-order valence-electron chi connectivity index (χ2n) is 4.30. The molecule has 0 fully saturated rings. The Bertz CT molecular complexity index is 460. The molecular formula is C12H21N7O. The molecule has 1 atom stereocenters. The van der Waals surface area contributed by atoms with E-state index in [1.165, 1.54) is 0 Å². The number of ether oxygens (including phenoxy) is 1. The van der Waals surface area contributed by atoms with Crippen LogP contribution in [0.15, 0.2) is 0 Å². The molecule has 0 aliphatic heterocycles. The van der Waals surface area contributed by atoms with Gasteiger partial charge in [-0.15, -0.1) is 0 Å². The first-order chi connectivity index (χ1) is 9.64. The average Bonchev–Trinajstić information content (AvgIpc) is 2.49. The monoisotopic (exact) mass is 279 g/mol. The summed E-state index contributed by atoms with van der Waals surface area (Å²) in [6.07, 6.45) is 0.857. The summed E-state index contributed by atoms with van der Waals surface area (Å²) in [5.74, 6) is 5.92. The molecule has 1 aromatic rings. The molecule has 1 rings (SSSR count). The van der Waals surface area contributed by atoms with Crippen LogP contribution in [0.1, 0.15) is 27.2 Å². The molecule has 0 aliphatic rings. The molecule has 0 aromatic carbocycles. The zero-order valence-corrected chi connectivity index (χ0v) is 12.1. The van der Waals surface area contributed by atoms with Crippen molar-refractivity contribution in [1.29, 1.82) is 5.26 Å². The maximum absolute atomic E-state index is 8.91. The molecule has 0 saturated heterocycles. The number of nitrogens with one attached hydrogen (secondary N) is 1. The molecule has 3 N–H and O–H groups in total. The van der Waals surface area contributed by atoms with Gasteiger partial charge in [0.05, 0.1) is 18.6 Å². The Kier molecular flexibility index (Phi) is 6.46. The van der Waals surface area contributed by atoms with Crippen LogP contribution in [0, 0.1) is 17.2 Å². The highest BCUT2D eigenvalue weighted by Crippen LogP contribution is 2.15. The van der Waals surface area contributed by atoms with Crippen LogP contribution in [-0.2, 0) is 0 Å². The van der Waals surface area contributed by atoms with Gasteiger partial charge in [0.1, 0.15) is 0 Å². The molecule has 8 nitrogen and oxygen atoms in total. The van der Waals surface area contributed by atoms with Crippen LogP contribution in [0.2, 0.25) is 0 Å². The third kappa shape index (κ3) is 4.51. The van der Waals surface area contributed by atoms with Gasteiger partial charge in [-0.05, 0) is 20.3 Å². The van der Waals surface area contributed by atoms with Crippen LogP contribution in [0.3, 0.4) is 0 Å². The molecule has 1 aromatic heterocycles. The number of nitrogen functional groups attached to an aromatic ring is 1. The van der Waals surface area contributed by atoms with Crippen molar-refractivity contribution in [3.8, 4) is 12.1 Å². The van der Waals surface area contributed by atoms with E-state index in [0.717, 1.165) is 6.42 Å². The second kappa shape index (κ2) is 8.12. The van der Waals surface area contributed by atoms with Crippen molar-refractivity contribution in [3.63, 3.8) is 0 Å². The fourth-order valence-electron chi connectivity index (χ4n) is 1.53. The van der Waals surface area contributed by atoms with E-state index in [9.17, 15) is 0 Å². The topological polar surface area (TPSA) is 113 Å². The first-order valence-electron chi connectivity index (χ1n) is 6.64. The molecule has 20 heavy (non-hydrogen) atoms. The van der Waals surface area contributed by atoms with Crippen LogP contribution in [-0.4, -0.2) is 34.6 Å². The summed E-state index contributed by atoms with van der Waals surface area (Å²) in [7, 11) is 0. The number of hydrogen-bond acceptors (Lipinski definition) is 8. The van der Waals surface area contributed by atoms with Crippen molar-refractivity contribution < 1.29 is 4.74 Å². The Morgan fingerprint density at radius 1 is 1.40 bits per heavy atom. The van der Waals surface area contributed by atoms with Gasteiger partial charge < -0.3 is 9.64 Å². The molecule has 8 heteroatoms. The van der Waals surface area contributed by atoms with Crippen molar-refractivity contribution in [3.05, 3.63) is 0 Å². The van der Waals surface area contributed by atoms with Gasteiger partial charge >= 0.3 is 6.01 Å². The van der Waals surface area contributed by atoms with Crippen LogP contribution < -0.4 is 20.9 Å². The quantitative estimate of drug-likeness (QED) is 0.533. The number of aromatic nitrogens is 3. The Morgan fingerprint density at radius 3 is 2.70 bits per heavy atom. The highest BCUT2D eigenvalue weighted by atomic mass is 16.5. The number of hydrogen-bond donors (Lipinski definition) is 2. The third-order valence-electron chi connectivity index (χ3n) is 2.55. The number of nitriles is 1. The summed E-state index contributed by atoms with van der Waals surface area (Å²) in [6.45, 7) is 7.54. The highest BCUT2D eigenvalue weighted by molar-refractivity contribution is 5.37. The van der Waals surface area contributed by atoms with E-state index in [1.807, 2.05) is 25.7 Å². The summed E-state index contributed by atoms with van der Waals surface area (Å²) >= 11 is 0. The predicted molar refractivity (Wildman–Crippen MR) is 76.1 cm³/mol. The van der Waals surface area contributed by atoms with Crippen molar-refractivity contribution in [2.75, 3.05) is 30.0 Å². The fraction of sp³-hybridized carbons (Fsp3) is 0.667. The van der Waals surface area contributed by atoms with Gasteiger partial charge in [-0.3, -0.25) is 5.43 Å². The van der Waals surface area contributed by atoms with Crippen LogP contribution in [0.25, 0.3) is 0 Å². The van der Waals surface area contributed by atoms with Gasteiger partial charge in [0.25, 0.3) is 0 Å². The van der Waals surface area contributed by atoms with Crippen LogP contribution >= 0.6 is 0 Å². The Labute approximate surface area is 119 Å². The SMILES string of the molecule is CCCOc1nc(NN)nc(N(CC)CC(C)C#N)n1. The molecule has 1 heterocycles. The molecule has 0 amide bonds. The Morgan fingerprint density at radius 2 is 2.15 bits per heavy atom. The molecule has 110 valence electrons. The molecule has 0 bridgehead atoms. The number of nitrogens with two attached hydrogens (primary N) is 1. The van der Waals surface area contributed by atoms with Gasteiger partial charge in [0.15, 0.2) is 0 Å². The second-order valence-corrected chi connectivity index (χ2v) is 4.30. The third-order valence-corrected chi connectivity index (χ3v) is 2.55. The Balaban J connectivity index is 2.98. The summed E-state index contributed by atoms with van der Waals surface area (Å²) in [5, 5.41) is 8.91. The molecule has 0 saturated carbocycles. The van der Waals surface area contributed by atoms with E-state index in [-0.39, 0.29) is 17.9 Å². The van der Waals surface area contributed by atoms with E-state index in [1.54, 1.807) is 0 Å². The largest absolute Gasteiger partial charge is 0.463 e. The number of rotatable bonds is 8. The summed E-state index contributed by atoms with van der Waals surface area (Å²) in [6, 6.07) is 2.42. The smallest absolute Gasteiger partial charge is 0.323 e. The number of anilines is 2. The van der Waals surface area contributed by atoms with Crippen LogP contribution in [0.4, 0.5) is 11.9 Å². The summed E-state index contributed by atoms with van der Waals surface area (Å²) in [5.41, 5.74) is 2.40. The molecule has 0 spiro atoms. The number of hydrazine groups is 1. The first kappa shape index (κ1) is 15.9. The van der Waals surface area contributed by atoms with E-state index in [4.69, 9.17) is 15.8 Å². The van der Waals surface area contributed by atoms with Gasteiger partial charge in [0.2, 0.25) is 11.9 Å². The summed E-state index contributed by atoms with van der Waals surface area (Å²) < 4.78 is 5.41. The maximum Gasteiger partial charge on any atom is 0.323 e. The van der Waals surface area contributed by atoms with Gasteiger partial charge in [-0.1, -0.05) is 6.92 Å². The van der Waals surface area contributed by atoms with E-state index >= 15 is 0 Å². The predicted octanol–water partition coefficient (Wildman–Crippen LogP) is 0.932. The molecule has 0 radical (unpaired) electrons. The minimum absolute atomic E-state index is 0.124. The Hall–Kier alpha value is -2.14. The van der Waals surface area contributed by atoms with Crippen LogP contribution in [0.5, 0.6) is 6.01 Å². The lowest BCUT2D eigenvalue weighted by atomic mass is 10.2. The van der Waals surface area contributed by atoms with Crippen molar-refractivity contribution in [2.24, 2.45) is 11.8 Å². The zero-order chi connectivity index (χ0) is 15.0. The van der Waals surface area contributed by atoms with Gasteiger partial charge in [-0.25, -0.2) is 5.84 Å². The highest BCUT2D eigenvalue weighted by Gasteiger charge is 2.15. The molecular weight excluding hydrogens is 258 g/mol.